The molecule has 9 nitrogen and oxygen atoms in total. The van der Waals surface area contributed by atoms with E-state index < -0.39 is 17.8 Å². The zero-order chi connectivity index (χ0) is 21.1. The maximum atomic E-state index is 12.5. The molecule has 10 heteroatoms. The highest BCUT2D eigenvalue weighted by atomic mass is 35.5. The molecule has 2 aromatic rings. The highest BCUT2D eigenvalue weighted by molar-refractivity contribution is 6.44. The number of carbonyl (C=O) groups is 3. The summed E-state index contributed by atoms with van der Waals surface area (Å²) in [6.07, 6.45) is 0.585. The Morgan fingerprint density at radius 2 is 1.72 bits per heavy atom. The maximum Gasteiger partial charge on any atom is 0.335 e. The molecule has 0 spiro atoms. The number of halogens is 1. The van der Waals surface area contributed by atoms with E-state index in [-0.39, 0.29) is 25.8 Å². The predicted octanol–water partition coefficient (Wildman–Crippen LogP) is 2.76. The standard InChI is InChI=1S/C19H22ClN5O4/c1-4-9-24-17(26)18(27)25(19(24)28)11-23(12(2)3)10-15-21-22-16(29-15)13-5-7-14(20)8-6-13/h5-8,12H,4,9-11H2,1-3H3. The highest BCUT2D eigenvalue weighted by Crippen LogP contribution is 2.21. The largest absolute Gasteiger partial charge is 0.419 e. The summed E-state index contributed by atoms with van der Waals surface area (Å²) in [6, 6.07) is 6.36. The van der Waals surface area contributed by atoms with Gasteiger partial charge in [-0.05, 0) is 44.5 Å². The van der Waals surface area contributed by atoms with Crippen molar-refractivity contribution in [2.24, 2.45) is 0 Å². The van der Waals surface area contributed by atoms with E-state index in [2.05, 4.69) is 10.2 Å². The topological polar surface area (TPSA) is 99.9 Å². The van der Waals surface area contributed by atoms with Crippen LogP contribution in [0.1, 0.15) is 33.1 Å². The molecule has 29 heavy (non-hydrogen) atoms. The van der Waals surface area contributed by atoms with Gasteiger partial charge < -0.3 is 4.42 Å². The number of amides is 4. The third kappa shape index (κ3) is 4.46. The van der Waals surface area contributed by atoms with E-state index in [4.69, 9.17) is 16.0 Å². The first-order valence-corrected chi connectivity index (χ1v) is 9.69. The molecule has 0 N–H and O–H groups in total. The van der Waals surface area contributed by atoms with Crippen LogP contribution >= 0.6 is 11.6 Å². The van der Waals surface area contributed by atoms with Crippen molar-refractivity contribution < 1.29 is 18.8 Å². The lowest BCUT2D eigenvalue weighted by molar-refractivity contribution is -0.144. The van der Waals surface area contributed by atoms with Gasteiger partial charge in [-0.25, -0.2) is 9.69 Å². The van der Waals surface area contributed by atoms with Crippen molar-refractivity contribution in [3.05, 3.63) is 35.2 Å². The van der Waals surface area contributed by atoms with Crippen molar-refractivity contribution in [3.8, 4) is 11.5 Å². The molecule has 1 saturated heterocycles. The van der Waals surface area contributed by atoms with Gasteiger partial charge in [0.15, 0.2) is 0 Å². The minimum Gasteiger partial charge on any atom is -0.419 e. The van der Waals surface area contributed by atoms with Crippen molar-refractivity contribution >= 4 is 29.4 Å². The molecule has 0 unspecified atom stereocenters. The molecule has 1 aromatic heterocycles. The minimum absolute atomic E-state index is 0.0417. The molecule has 3 rings (SSSR count). The van der Waals surface area contributed by atoms with Crippen LogP contribution in [0, 0.1) is 0 Å². The Balaban J connectivity index is 1.73. The smallest absolute Gasteiger partial charge is 0.335 e. The Morgan fingerprint density at radius 3 is 2.34 bits per heavy atom. The second kappa shape index (κ2) is 8.71. The SMILES string of the molecule is CCCN1C(=O)C(=O)N(CN(Cc2nnc(-c3ccc(Cl)cc3)o2)C(C)C)C1=O. The number of nitrogens with zero attached hydrogens (tertiary/aromatic N) is 5. The second-order valence-corrected chi connectivity index (χ2v) is 7.40. The van der Waals surface area contributed by atoms with Crippen molar-refractivity contribution in [1.29, 1.82) is 0 Å². The van der Waals surface area contributed by atoms with Gasteiger partial charge in [0, 0.05) is 23.2 Å². The number of urea groups is 1. The van der Waals surface area contributed by atoms with Crippen LogP contribution in [0.5, 0.6) is 0 Å². The highest BCUT2D eigenvalue weighted by Gasteiger charge is 2.44. The van der Waals surface area contributed by atoms with Crippen LogP contribution in [0.25, 0.3) is 11.5 Å². The van der Waals surface area contributed by atoms with Gasteiger partial charge in [0.05, 0.1) is 13.2 Å². The molecule has 0 aliphatic carbocycles. The second-order valence-electron chi connectivity index (χ2n) is 6.96. The van der Waals surface area contributed by atoms with Crippen LogP contribution in [-0.2, 0) is 16.1 Å². The van der Waals surface area contributed by atoms with Gasteiger partial charge in [-0.2, -0.15) is 0 Å². The number of carbonyl (C=O) groups excluding carboxylic acids is 3. The fourth-order valence-corrected chi connectivity index (χ4v) is 3.00. The number of imide groups is 2. The lowest BCUT2D eigenvalue weighted by atomic mass is 10.2. The molecule has 1 fully saturated rings. The Bertz CT molecular complexity index is 912. The first kappa shape index (κ1) is 20.9. The van der Waals surface area contributed by atoms with Gasteiger partial charge in [0.25, 0.3) is 0 Å². The van der Waals surface area contributed by atoms with E-state index in [1.807, 2.05) is 20.8 Å². The van der Waals surface area contributed by atoms with Crippen LogP contribution in [0.15, 0.2) is 28.7 Å². The molecule has 154 valence electrons. The first-order valence-electron chi connectivity index (χ1n) is 9.31. The fourth-order valence-electron chi connectivity index (χ4n) is 2.87. The van der Waals surface area contributed by atoms with Crippen LogP contribution < -0.4 is 0 Å². The average Bonchev–Trinajstić information content (AvgIpc) is 3.23. The Hall–Kier alpha value is -2.78. The zero-order valence-corrected chi connectivity index (χ0v) is 17.2. The third-order valence-corrected chi connectivity index (χ3v) is 4.78. The van der Waals surface area contributed by atoms with Crippen molar-refractivity contribution in [1.82, 2.24) is 24.9 Å². The molecule has 1 aliphatic heterocycles. The summed E-state index contributed by atoms with van der Waals surface area (Å²) in [5.41, 5.74) is 0.731. The van der Waals surface area contributed by atoms with Gasteiger partial charge in [-0.15, -0.1) is 10.2 Å². The normalized spacial score (nSPS) is 14.8. The van der Waals surface area contributed by atoms with Crippen LogP contribution in [0.4, 0.5) is 4.79 Å². The molecular weight excluding hydrogens is 398 g/mol. The number of hydrogen-bond acceptors (Lipinski definition) is 7. The van der Waals surface area contributed by atoms with E-state index in [1.165, 1.54) is 0 Å². The minimum atomic E-state index is -0.818. The quantitative estimate of drug-likeness (QED) is 0.479. The summed E-state index contributed by atoms with van der Waals surface area (Å²) in [5, 5.41) is 8.70. The lowest BCUT2D eigenvalue weighted by Crippen LogP contribution is -2.44. The summed E-state index contributed by atoms with van der Waals surface area (Å²) in [5.74, 6) is -0.928. The van der Waals surface area contributed by atoms with E-state index in [0.29, 0.717) is 23.2 Å². The van der Waals surface area contributed by atoms with Crippen molar-refractivity contribution in [3.63, 3.8) is 0 Å². The maximum absolute atomic E-state index is 12.5. The zero-order valence-electron chi connectivity index (χ0n) is 16.5. The van der Waals surface area contributed by atoms with E-state index in [9.17, 15) is 14.4 Å². The number of hydrogen-bond donors (Lipinski definition) is 0. The predicted molar refractivity (Wildman–Crippen MR) is 105 cm³/mol. The Kier molecular flexibility index (Phi) is 6.29. The summed E-state index contributed by atoms with van der Waals surface area (Å²) < 4.78 is 5.72. The molecule has 1 aliphatic rings. The van der Waals surface area contributed by atoms with Gasteiger partial charge in [0.2, 0.25) is 11.8 Å². The van der Waals surface area contributed by atoms with Gasteiger partial charge in [0.1, 0.15) is 0 Å². The van der Waals surface area contributed by atoms with Crippen LogP contribution in [0.3, 0.4) is 0 Å². The molecule has 4 amide bonds. The number of rotatable bonds is 8. The molecule has 0 bridgehead atoms. The Morgan fingerprint density at radius 1 is 1.07 bits per heavy atom. The van der Waals surface area contributed by atoms with E-state index >= 15 is 0 Å². The Labute approximate surface area is 173 Å². The van der Waals surface area contributed by atoms with E-state index in [0.717, 1.165) is 15.4 Å². The number of aromatic nitrogens is 2. The summed E-state index contributed by atoms with van der Waals surface area (Å²) >= 11 is 5.89. The molecule has 0 saturated carbocycles. The van der Waals surface area contributed by atoms with Crippen molar-refractivity contribution in [2.45, 2.75) is 39.8 Å². The monoisotopic (exact) mass is 419 g/mol. The van der Waals surface area contributed by atoms with Gasteiger partial charge in [-0.3, -0.25) is 19.4 Å². The molecule has 0 radical (unpaired) electrons. The van der Waals surface area contributed by atoms with Crippen LogP contribution in [-0.4, -0.2) is 62.0 Å². The third-order valence-electron chi connectivity index (χ3n) is 4.53. The number of benzene rings is 1. The van der Waals surface area contributed by atoms with Gasteiger partial charge >= 0.3 is 17.8 Å². The first-order chi connectivity index (χ1) is 13.8. The summed E-state index contributed by atoms with van der Waals surface area (Å²) in [7, 11) is 0. The summed E-state index contributed by atoms with van der Waals surface area (Å²) in [6.45, 7) is 6.05. The molecule has 0 atom stereocenters. The molecule has 2 heterocycles. The average molecular weight is 420 g/mol. The molecule has 1 aromatic carbocycles. The fraction of sp³-hybridized carbons (Fsp3) is 0.421. The van der Waals surface area contributed by atoms with E-state index in [1.54, 1.807) is 29.2 Å². The lowest BCUT2D eigenvalue weighted by Gasteiger charge is -2.28. The van der Waals surface area contributed by atoms with Crippen LogP contribution in [0.2, 0.25) is 5.02 Å². The van der Waals surface area contributed by atoms with Crippen molar-refractivity contribution in [2.75, 3.05) is 13.2 Å². The summed E-state index contributed by atoms with van der Waals surface area (Å²) in [4.78, 5) is 40.5. The molecular formula is C19H22ClN5O4. The van der Waals surface area contributed by atoms with Gasteiger partial charge in [-0.1, -0.05) is 18.5 Å².